The lowest BCUT2D eigenvalue weighted by Gasteiger charge is -2.42. The van der Waals surface area contributed by atoms with Crippen LogP contribution < -0.4 is 10.7 Å². The Morgan fingerprint density at radius 3 is 3.11 bits per heavy atom. The van der Waals surface area contributed by atoms with Crippen LogP contribution in [0.5, 0.6) is 0 Å². The Morgan fingerprint density at radius 1 is 1.43 bits per heavy atom. The first kappa shape index (κ1) is 18.8. The van der Waals surface area contributed by atoms with Crippen LogP contribution in [0.15, 0.2) is 27.7 Å². The Labute approximate surface area is 174 Å². The van der Waals surface area contributed by atoms with Gasteiger partial charge >= 0.3 is 0 Å². The molecule has 2 aromatic heterocycles. The number of rotatable bonds is 6. The van der Waals surface area contributed by atoms with Crippen molar-refractivity contribution in [2.45, 2.75) is 37.6 Å². The maximum atomic E-state index is 13.1. The number of thiazole rings is 1. The van der Waals surface area contributed by atoms with E-state index in [0.29, 0.717) is 24.9 Å². The van der Waals surface area contributed by atoms with Gasteiger partial charge in [-0.25, -0.2) is 14.6 Å². The quantitative estimate of drug-likeness (QED) is 0.673. The van der Waals surface area contributed by atoms with E-state index in [4.69, 9.17) is 4.74 Å². The SMILES string of the molecule is CCOCCS(=O)C1=C2Nn3c(cnc3C)C3CC(c4nccs4)NC(S1)C23. The number of aromatic nitrogens is 3. The van der Waals surface area contributed by atoms with Crippen LogP contribution in [-0.4, -0.2) is 43.2 Å². The van der Waals surface area contributed by atoms with Crippen molar-refractivity contribution in [2.24, 2.45) is 5.92 Å². The second-order valence-electron chi connectivity index (χ2n) is 7.12. The average Bonchev–Trinajstić information content (AvgIpc) is 3.42. The molecule has 1 saturated heterocycles. The largest absolute Gasteiger partial charge is 0.381 e. The van der Waals surface area contributed by atoms with Gasteiger partial charge in [-0.1, -0.05) is 11.8 Å². The lowest BCUT2D eigenvalue weighted by Crippen LogP contribution is -2.48. The number of hydrogen-bond acceptors (Lipinski definition) is 8. The Kier molecular flexibility index (Phi) is 5.08. The number of fused-ring (bicyclic) bond motifs is 2. The van der Waals surface area contributed by atoms with Crippen molar-refractivity contribution in [3.05, 3.63) is 44.2 Å². The van der Waals surface area contributed by atoms with Crippen LogP contribution in [0.3, 0.4) is 0 Å². The normalized spacial score (nSPS) is 29.4. The van der Waals surface area contributed by atoms with E-state index in [2.05, 4.69) is 25.4 Å². The molecule has 5 unspecified atom stereocenters. The summed E-state index contributed by atoms with van der Waals surface area (Å²) in [5, 5.41) is 7.10. The summed E-state index contributed by atoms with van der Waals surface area (Å²) in [5.74, 6) is 2.05. The molecular weight excluding hydrogens is 414 g/mol. The standard InChI is InChI=1S/C18H23N5O2S3/c1-3-25-5-7-28(24)18-15-14-11(13-9-20-10(2)23(13)22-15)8-12(21-17(14)27-18)16-19-4-6-26-16/h4,6,9,11-12,14,17,21-22H,3,5,7-8H2,1-2H3. The zero-order valence-corrected chi connectivity index (χ0v) is 18.2. The second kappa shape index (κ2) is 7.56. The zero-order chi connectivity index (χ0) is 19.3. The summed E-state index contributed by atoms with van der Waals surface area (Å²) in [5.41, 5.74) is 5.83. The topological polar surface area (TPSA) is 81.1 Å². The molecule has 0 radical (unpaired) electrons. The Hall–Kier alpha value is -1.20. The molecule has 10 heteroatoms. The van der Waals surface area contributed by atoms with Gasteiger partial charge in [0.25, 0.3) is 0 Å². The number of imidazole rings is 1. The van der Waals surface area contributed by atoms with Crippen LogP contribution in [0.1, 0.15) is 41.8 Å². The van der Waals surface area contributed by atoms with Gasteiger partial charge in [0.05, 0.1) is 56.4 Å². The van der Waals surface area contributed by atoms with Gasteiger partial charge in [0.1, 0.15) is 10.8 Å². The molecule has 150 valence electrons. The van der Waals surface area contributed by atoms with Gasteiger partial charge in [-0.15, -0.1) is 11.3 Å². The fourth-order valence-corrected chi connectivity index (χ4v) is 8.12. The number of thioether (sulfide) groups is 1. The average molecular weight is 438 g/mol. The highest BCUT2D eigenvalue weighted by Gasteiger charge is 2.51. The lowest BCUT2D eigenvalue weighted by molar-refractivity contribution is 0.164. The number of aryl methyl sites for hydroxylation is 1. The molecule has 5 rings (SSSR count). The number of piperidine rings is 1. The minimum absolute atomic E-state index is 0.185. The van der Waals surface area contributed by atoms with Crippen molar-refractivity contribution in [1.82, 2.24) is 20.0 Å². The molecule has 2 N–H and O–H groups in total. The molecule has 2 aromatic rings. The minimum Gasteiger partial charge on any atom is -0.381 e. The number of nitrogens with zero attached hydrogens (tertiary/aromatic N) is 3. The molecule has 28 heavy (non-hydrogen) atoms. The van der Waals surface area contributed by atoms with Crippen LogP contribution in [0.4, 0.5) is 0 Å². The van der Waals surface area contributed by atoms with E-state index < -0.39 is 10.8 Å². The summed E-state index contributed by atoms with van der Waals surface area (Å²) in [6, 6.07) is 0.206. The molecule has 0 bridgehead atoms. The molecule has 1 fully saturated rings. The Bertz CT molecular complexity index is 926. The van der Waals surface area contributed by atoms with Gasteiger partial charge in [-0.2, -0.15) is 0 Å². The lowest BCUT2D eigenvalue weighted by atomic mass is 9.78. The van der Waals surface area contributed by atoms with Gasteiger partial charge in [0.15, 0.2) is 0 Å². The molecule has 0 aromatic carbocycles. The van der Waals surface area contributed by atoms with Gasteiger partial charge in [0.2, 0.25) is 0 Å². The van der Waals surface area contributed by atoms with E-state index in [1.165, 1.54) is 5.69 Å². The van der Waals surface area contributed by atoms with Crippen molar-refractivity contribution in [1.29, 1.82) is 0 Å². The number of ether oxygens (including phenoxy) is 1. The molecule has 0 saturated carbocycles. The van der Waals surface area contributed by atoms with E-state index in [-0.39, 0.29) is 17.3 Å². The molecule has 5 heterocycles. The van der Waals surface area contributed by atoms with Crippen LogP contribution in [0, 0.1) is 12.8 Å². The molecule has 0 aliphatic carbocycles. The van der Waals surface area contributed by atoms with Crippen molar-refractivity contribution >= 4 is 33.9 Å². The molecule has 3 aliphatic rings. The summed E-state index contributed by atoms with van der Waals surface area (Å²) >= 11 is 3.40. The van der Waals surface area contributed by atoms with E-state index >= 15 is 0 Å². The first-order valence-electron chi connectivity index (χ1n) is 9.51. The molecular formula is C18H23N5O2S3. The van der Waals surface area contributed by atoms with E-state index in [0.717, 1.165) is 27.2 Å². The van der Waals surface area contributed by atoms with Crippen LogP contribution in [0.25, 0.3) is 0 Å². The molecule has 3 aliphatic heterocycles. The fraction of sp³-hybridized carbons (Fsp3) is 0.556. The first-order chi connectivity index (χ1) is 13.7. The van der Waals surface area contributed by atoms with Crippen LogP contribution in [0.2, 0.25) is 0 Å². The fourth-order valence-electron chi connectivity index (χ4n) is 4.30. The van der Waals surface area contributed by atoms with Crippen LogP contribution in [-0.2, 0) is 15.5 Å². The number of nitrogens with one attached hydrogen (secondary N) is 2. The molecule has 0 amide bonds. The van der Waals surface area contributed by atoms with Crippen molar-refractivity contribution in [3.63, 3.8) is 0 Å². The van der Waals surface area contributed by atoms with Gasteiger partial charge in [-0.05, 0) is 20.3 Å². The maximum Gasteiger partial charge on any atom is 0.124 e. The summed E-state index contributed by atoms with van der Waals surface area (Å²) < 4.78 is 21.5. The van der Waals surface area contributed by atoms with E-state index in [1.807, 2.05) is 31.6 Å². The summed E-state index contributed by atoms with van der Waals surface area (Å²) in [7, 11) is -1.08. The Morgan fingerprint density at radius 2 is 2.32 bits per heavy atom. The predicted octanol–water partition coefficient (Wildman–Crippen LogP) is 2.67. The van der Waals surface area contributed by atoms with Crippen molar-refractivity contribution < 1.29 is 8.95 Å². The van der Waals surface area contributed by atoms with Crippen molar-refractivity contribution in [3.8, 4) is 0 Å². The highest BCUT2D eigenvalue weighted by Crippen LogP contribution is 2.55. The monoisotopic (exact) mass is 437 g/mol. The van der Waals surface area contributed by atoms with E-state index in [1.54, 1.807) is 23.1 Å². The zero-order valence-electron chi connectivity index (χ0n) is 15.8. The maximum absolute atomic E-state index is 13.1. The third-order valence-corrected chi connectivity index (χ3v) is 9.58. The summed E-state index contributed by atoms with van der Waals surface area (Å²) in [6.45, 7) is 5.13. The van der Waals surface area contributed by atoms with Crippen LogP contribution >= 0.6 is 23.1 Å². The summed E-state index contributed by atoms with van der Waals surface area (Å²) in [6.07, 6.45) is 4.81. The Balaban J connectivity index is 1.51. The smallest absolute Gasteiger partial charge is 0.124 e. The third-order valence-electron chi connectivity index (χ3n) is 5.55. The van der Waals surface area contributed by atoms with Gasteiger partial charge < -0.3 is 4.74 Å². The third kappa shape index (κ3) is 3.06. The summed E-state index contributed by atoms with van der Waals surface area (Å²) in [4.78, 5) is 9.08. The molecule has 0 spiro atoms. The van der Waals surface area contributed by atoms with Crippen molar-refractivity contribution in [2.75, 3.05) is 24.4 Å². The molecule has 5 atom stereocenters. The van der Waals surface area contributed by atoms with E-state index in [9.17, 15) is 4.21 Å². The van der Waals surface area contributed by atoms with Gasteiger partial charge in [-0.3, -0.25) is 15.0 Å². The first-order valence-corrected chi connectivity index (χ1v) is 12.6. The molecule has 7 nitrogen and oxygen atoms in total. The highest BCUT2D eigenvalue weighted by atomic mass is 32.2. The van der Waals surface area contributed by atoms with Gasteiger partial charge in [0, 0.05) is 30.0 Å². The minimum atomic E-state index is -1.08. The predicted molar refractivity (Wildman–Crippen MR) is 113 cm³/mol. The second-order valence-corrected chi connectivity index (χ2v) is 11.0. The number of hydrogen-bond donors (Lipinski definition) is 2. The highest BCUT2D eigenvalue weighted by molar-refractivity contribution is 8.17.